The van der Waals surface area contributed by atoms with Gasteiger partial charge in [0.05, 0.1) is 6.54 Å². The number of carbonyl (C=O) groups excluding carboxylic acids is 1. The van der Waals surface area contributed by atoms with Crippen molar-refractivity contribution in [2.45, 2.75) is 18.0 Å². The highest BCUT2D eigenvalue weighted by Crippen LogP contribution is 2.27. The molecule has 182 valence electrons. The monoisotopic (exact) mass is 491 g/mol. The van der Waals surface area contributed by atoms with E-state index < -0.39 is 0 Å². The minimum absolute atomic E-state index is 0.0384. The number of amides is 1. The van der Waals surface area contributed by atoms with E-state index in [9.17, 15) is 9.18 Å². The van der Waals surface area contributed by atoms with Crippen LogP contribution in [-0.2, 0) is 13.1 Å². The maximum absolute atomic E-state index is 13.2. The number of halogens is 1. The lowest BCUT2D eigenvalue weighted by Crippen LogP contribution is -2.45. The molecule has 5 rings (SSSR count). The van der Waals surface area contributed by atoms with Crippen LogP contribution in [0.25, 0.3) is 0 Å². The first-order valence-electron chi connectivity index (χ1n) is 12.0. The number of fused-ring (bicyclic) bond motifs is 1. The summed E-state index contributed by atoms with van der Waals surface area (Å²) in [5.74, 6) is 0.702. The van der Waals surface area contributed by atoms with Crippen molar-refractivity contribution >= 4 is 23.4 Å². The van der Waals surface area contributed by atoms with Gasteiger partial charge in [-0.15, -0.1) is 11.8 Å². The number of thioether (sulfide) groups is 1. The van der Waals surface area contributed by atoms with Crippen LogP contribution >= 0.6 is 11.8 Å². The quantitative estimate of drug-likeness (QED) is 0.475. The molecule has 1 amide bonds. The molecule has 3 aromatic rings. The average molecular weight is 492 g/mol. The van der Waals surface area contributed by atoms with Crippen molar-refractivity contribution in [3.05, 3.63) is 89.2 Å². The molecule has 0 spiro atoms. The third kappa shape index (κ3) is 5.63. The molecule has 1 fully saturated rings. The van der Waals surface area contributed by atoms with Crippen LogP contribution in [-0.4, -0.2) is 61.3 Å². The number of hydrogen-bond donors (Lipinski definition) is 0. The molecule has 7 heteroatoms. The van der Waals surface area contributed by atoms with Crippen LogP contribution in [0.3, 0.4) is 0 Å². The fourth-order valence-corrected chi connectivity index (χ4v) is 5.12. The molecular formula is C28H30FN3O2S. The minimum atomic E-state index is -0.201. The summed E-state index contributed by atoms with van der Waals surface area (Å²) in [7, 11) is 0. The second kappa shape index (κ2) is 10.7. The molecule has 0 atom stereocenters. The van der Waals surface area contributed by atoms with Crippen molar-refractivity contribution in [2.75, 3.05) is 50.5 Å². The second-order valence-electron chi connectivity index (χ2n) is 8.99. The molecule has 2 aliphatic heterocycles. The second-order valence-corrected chi connectivity index (χ2v) is 9.87. The van der Waals surface area contributed by atoms with Gasteiger partial charge in [0.2, 0.25) is 0 Å². The van der Waals surface area contributed by atoms with Crippen molar-refractivity contribution in [1.82, 2.24) is 9.80 Å². The van der Waals surface area contributed by atoms with Gasteiger partial charge in [-0.05, 0) is 72.5 Å². The number of piperazine rings is 1. The van der Waals surface area contributed by atoms with E-state index in [1.54, 1.807) is 11.8 Å². The van der Waals surface area contributed by atoms with Crippen LogP contribution in [0.1, 0.15) is 21.5 Å². The highest BCUT2D eigenvalue weighted by Gasteiger charge is 2.22. The molecule has 2 aliphatic rings. The Labute approximate surface area is 210 Å². The van der Waals surface area contributed by atoms with E-state index in [0.717, 1.165) is 54.6 Å². The van der Waals surface area contributed by atoms with E-state index in [2.05, 4.69) is 21.9 Å². The zero-order chi connectivity index (χ0) is 24.2. The molecule has 0 saturated carbocycles. The molecule has 1 saturated heterocycles. The molecule has 0 bridgehead atoms. The van der Waals surface area contributed by atoms with Gasteiger partial charge in [-0.1, -0.05) is 6.07 Å². The Morgan fingerprint density at radius 2 is 1.69 bits per heavy atom. The van der Waals surface area contributed by atoms with Crippen LogP contribution < -0.4 is 9.64 Å². The third-order valence-corrected chi connectivity index (χ3v) is 7.44. The number of anilines is 1. The zero-order valence-electron chi connectivity index (χ0n) is 20.0. The van der Waals surface area contributed by atoms with Gasteiger partial charge in [0.15, 0.2) is 0 Å². The van der Waals surface area contributed by atoms with E-state index >= 15 is 0 Å². The Balaban J connectivity index is 1.22. The largest absolute Gasteiger partial charge is 0.491 e. The maximum atomic E-state index is 13.2. The van der Waals surface area contributed by atoms with Crippen molar-refractivity contribution in [1.29, 1.82) is 0 Å². The molecule has 5 nitrogen and oxygen atoms in total. The van der Waals surface area contributed by atoms with Gasteiger partial charge in [-0.25, -0.2) is 4.39 Å². The summed E-state index contributed by atoms with van der Waals surface area (Å²) in [6, 6.07) is 20.9. The molecule has 0 radical (unpaired) electrons. The first-order valence-corrected chi connectivity index (χ1v) is 13.2. The van der Waals surface area contributed by atoms with Crippen molar-refractivity contribution in [3.8, 4) is 5.75 Å². The maximum Gasteiger partial charge on any atom is 0.254 e. The standard InChI is InChI=1S/C28H30FN3O2S/c1-35-26-9-3-22(4-10-26)28(33)32-16-17-34-27-11-2-21(18-23(27)20-32)19-30-12-14-31(15-13-30)25-7-5-24(29)6-8-25/h2-11,18H,12-17,19-20H2,1H3. The molecule has 0 N–H and O–H groups in total. The molecular weight excluding hydrogens is 461 g/mol. The van der Waals surface area contributed by atoms with Crippen LogP contribution in [0.4, 0.5) is 10.1 Å². The highest BCUT2D eigenvalue weighted by molar-refractivity contribution is 7.98. The summed E-state index contributed by atoms with van der Waals surface area (Å²) in [6.45, 7) is 6.18. The number of nitrogens with zero attached hydrogens (tertiary/aromatic N) is 3. The fraction of sp³-hybridized carbons (Fsp3) is 0.321. The Morgan fingerprint density at radius 3 is 2.40 bits per heavy atom. The summed E-state index contributed by atoms with van der Waals surface area (Å²) in [5, 5.41) is 0. The highest BCUT2D eigenvalue weighted by atomic mass is 32.2. The topological polar surface area (TPSA) is 36.0 Å². The van der Waals surface area contributed by atoms with E-state index in [1.165, 1.54) is 17.7 Å². The third-order valence-electron chi connectivity index (χ3n) is 6.70. The molecule has 0 unspecified atom stereocenters. The number of rotatable bonds is 5. The summed E-state index contributed by atoms with van der Waals surface area (Å²) >= 11 is 1.67. The molecule has 2 heterocycles. The number of benzene rings is 3. The first-order chi connectivity index (χ1) is 17.1. The SMILES string of the molecule is CSc1ccc(C(=O)N2CCOc3ccc(CN4CCN(c5ccc(F)cc5)CC4)cc3C2)cc1. The van der Waals surface area contributed by atoms with Crippen LogP contribution in [0, 0.1) is 5.82 Å². The zero-order valence-corrected chi connectivity index (χ0v) is 20.8. The number of hydrogen-bond acceptors (Lipinski definition) is 5. The van der Waals surface area contributed by atoms with E-state index in [4.69, 9.17) is 4.74 Å². The van der Waals surface area contributed by atoms with E-state index in [0.29, 0.717) is 25.3 Å². The van der Waals surface area contributed by atoms with Crippen LogP contribution in [0.5, 0.6) is 5.75 Å². The molecule has 35 heavy (non-hydrogen) atoms. The van der Waals surface area contributed by atoms with Gasteiger partial charge < -0.3 is 14.5 Å². The Bertz CT molecular complexity index is 1160. The summed E-state index contributed by atoms with van der Waals surface area (Å²) < 4.78 is 19.2. The van der Waals surface area contributed by atoms with E-state index in [1.807, 2.05) is 53.6 Å². The average Bonchev–Trinajstić information content (AvgIpc) is 3.11. The van der Waals surface area contributed by atoms with Gasteiger partial charge in [0.25, 0.3) is 5.91 Å². The molecule has 0 aromatic heterocycles. The molecule has 0 aliphatic carbocycles. The smallest absolute Gasteiger partial charge is 0.254 e. The fourth-order valence-electron chi connectivity index (χ4n) is 4.71. The van der Waals surface area contributed by atoms with Gasteiger partial charge in [-0.3, -0.25) is 9.69 Å². The Kier molecular flexibility index (Phi) is 7.25. The van der Waals surface area contributed by atoms with Crippen molar-refractivity contribution in [3.63, 3.8) is 0 Å². The first kappa shape index (κ1) is 23.7. The van der Waals surface area contributed by atoms with Crippen molar-refractivity contribution in [2.24, 2.45) is 0 Å². The van der Waals surface area contributed by atoms with Gasteiger partial charge in [0.1, 0.15) is 18.2 Å². The summed E-state index contributed by atoms with van der Waals surface area (Å²) in [6.07, 6.45) is 2.03. The summed E-state index contributed by atoms with van der Waals surface area (Å²) in [5.41, 5.74) is 4.06. The van der Waals surface area contributed by atoms with Gasteiger partial charge in [-0.2, -0.15) is 0 Å². The Hall–Kier alpha value is -3.03. The normalized spacial score (nSPS) is 16.4. The molecule has 3 aromatic carbocycles. The minimum Gasteiger partial charge on any atom is -0.491 e. The lowest BCUT2D eigenvalue weighted by molar-refractivity contribution is 0.0733. The van der Waals surface area contributed by atoms with Gasteiger partial charge >= 0.3 is 0 Å². The predicted molar refractivity (Wildman–Crippen MR) is 139 cm³/mol. The predicted octanol–water partition coefficient (Wildman–Crippen LogP) is 4.90. The Morgan fingerprint density at radius 1 is 0.943 bits per heavy atom. The van der Waals surface area contributed by atoms with E-state index in [-0.39, 0.29) is 11.7 Å². The van der Waals surface area contributed by atoms with Crippen LogP contribution in [0.15, 0.2) is 71.6 Å². The number of ether oxygens (including phenoxy) is 1. The van der Waals surface area contributed by atoms with Gasteiger partial charge in [0, 0.05) is 61.0 Å². The summed E-state index contributed by atoms with van der Waals surface area (Å²) in [4.78, 5) is 20.9. The van der Waals surface area contributed by atoms with Crippen LogP contribution in [0.2, 0.25) is 0 Å². The lowest BCUT2D eigenvalue weighted by atomic mass is 10.1. The lowest BCUT2D eigenvalue weighted by Gasteiger charge is -2.36. The van der Waals surface area contributed by atoms with Crippen molar-refractivity contribution < 1.29 is 13.9 Å². The number of carbonyl (C=O) groups is 1.